The molecule has 1 fully saturated rings. The zero-order chi connectivity index (χ0) is 13.5. The van der Waals surface area contributed by atoms with E-state index in [-0.39, 0.29) is 12.6 Å². The van der Waals surface area contributed by atoms with Crippen LogP contribution in [0.2, 0.25) is 0 Å². The van der Waals surface area contributed by atoms with Crippen molar-refractivity contribution in [2.75, 3.05) is 12.8 Å². The molecule has 0 radical (unpaired) electrons. The summed E-state index contributed by atoms with van der Waals surface area (Å²) in [5.74, 6) is -1.34. The van der Waals surface area contributed by atoms with Gasteiger partial charge in [-0.05, 0) is 19.1 Å². The van der Waals surface area contributed by atoms with Crippen LogP contribution in [-0.4, -0.2) is 52.4 Å². The Morgan fingerprint density at radius 2 is 2.06 bits per heavy atom. The van der Waals surface area contributed by atoms with Crippen molar-refractivity contribution in [1.29, 1.82) is 0 Å². The van der Waals surface area contributed by atoms with Crippen LogP contribution in [0.25, 0.3) is 0 Å². The van der Waals surface area contributed by atoms with Gasteiger partial charge in [-0.25, -0.2) is 9.59 Å². The van der Waals surface area contributed by atoms with E-state index in [0.29, 0.717) is 5.25 Å². The fourth-order valence-corrected chi connectivity index (χ4v) is 2.98. The van der Waals surface area contributed by atoms with Crippen LogP contribution in [0.5, 0.6) is 0 Å². The molecule has 3 atom stereocenters. The molecule has 0 aromatic rings. The van der Waals surface area contributed by atoms with Crippen LogP contribution in [-0.2, 0) is 4.79 Å². The van der Waals surface area contributed by atoms with E-state index in [1.165, 1.54) is 6.42 Å². The molecule has 2 unspecified atom stereocenters. The fraction of sp³-hybridized carbons (Fsp3) is 0.818. The predicted molar refractivity (Wildman–Crippen MR) is 69.7 cm³/mol. The Balaban J connectivity index is 2.32. The van der Waals surface area contributed by atoms with E-state index in [0.717, 1.165) is 19.3 Å². The number of nitrogens with one attached hydrogen (secondary N) is 2. The quantitative estimate of drug-likeness (QED) is 0.583. The van der Waals surface area contributed by atoms with Gasteiger partial charge in [-0.3, -0.25) is 0 Å². The van der Waals surface area contributed by atoms with Gasteiger partial charge in [0.25, 0.3) is 0 Å². The number of carbonyl (C=O) groups excluding carboxylic acids is 1. The van der Waals surface area contributed by atoms with Gasteiger partial charge in [0, 0.05) is 11.3 Å². The first-order valence-corrected chi connectivity index (χ1v) is 7.31. The Kier molecular flexibility index (Phi) is 6.28. The van der Waals surface area contributed by atoms with Crippen LogP contribution < -0.4 is 10.6 Å². The lowest BCUT2D eigenvalue weighted by molar-refractivity contribution is -0.146. The summed E-state index contributed by atoms with van der Waals surface area (Å²) in [5, 5.41) is 23.1. The third kappa shape index (κ3) is 4.73. The largest absolute Gasteiger partial charge is 0.479 e. The number of aliphatic carboxylic acids is 1. The highest BCUT2D eigenvalue weighted by Crippen LogP contribution is 2.26. The predicted octanol–water partition coefficient (Wildman–Crippen LogP) is 0.405. The molecule has 1 rings (SSSR count). The molecule has 2 amide bonds. The number of carboxylic acids is 1. The molecule has 7 heteroatoms. The van der Waals surface area contributed by atoms with Crippen LogP contribution in [0.3, 0.4) is 0 Å². The van der Waals surface area contributed by atoms with E-state index < -0.39 is 18.1 Å². The summed E-state index contributed by atoms with van der Waals surface area (Å²) in [5.41, 5.74) is 0. The molecule has 104 valence electrons. The summed E-state index contributed by atoms with van der Waals surface area (Å²) in [6, 6.07) is -0.294. The standard InChI is InChI=1S/C11H20N2O4S/c1-18-9-5-3-2-4-7(9)13-11(17)12-6-8(14)10(15)16/h7-9,14H,2-6H2,1H3,(H,15,16)(H2,12,13,17)/t7?,8-,9?/m0/s1. The third-order valence-electron chi connectivity index (χ3n) is 3.06. The van der Waals surface area contributed by atoms with Crippen LogP contribution >= 0.6 is 11.8 Å². The van der Waals surface area contributed by atoms with Gasteiger partial charge in [-0.15, -0.1) is 0 Å². The molecule has 1 saturated carbocycles. The van der Waals surface area contributed by atoms with Gasteiger partial charge in [0.05, 0.1) is 6.54 Å². The number of aliphatic hydroxyl groups excluding tert-OH is 1. The number of hydrogen-bond donors (Lipinski definition) is 4. The average Bonchev–Trinajstić information content (AvgIpc) is 2.36. The monoisotopic (exact) mass is 276 g/mol. The van der Waals surface area contributed by atoms with Crippen molar-refractivity contribution in [3.05, 3.63) is 0 Å². The van der Waals surface area contributed by atoms with Gasteiger partial charge in [0.1, 0.15) is 0 Å². The topological polar surface area (TPSA) is 98.7 Å². The van der Waals surface area contributed by atoms with Crippen LogP contribution in [0.15, 0.2) is 0 Å². The maximum atomic E-state index is 11.6. The minimum absolute atomic E-state index is 0.121. The Morgan fingerprint density at radius 1 is 1.39 bits per heavy atom. The number of carboxylic acid groups (broad SMARTS) is 1. The molecule has 0 aromatic heterocycles. The SMILES string of the molecule is CSC1CCCCC1NC(=O)NC[C@H](O)C(=O)O. The van der Waals surface area contributed by atoms with Crippen LogP contribution in [0.4, 0.5) is 4.79 Å². The number of amides is 2. The fourth-order valence-electron chi connectivity index (χ4n) is 2.04. The van der Waals surface area contributed by atoms with Gasteiger partial charge >= 0.3 is 12.0 Å². The highest BCUT2D eigenvalue weighted by molar-refractivity contribution is 7.99. The lowest BCUT2D eigenvalue weighted by Gasteiger charge is -2.30. The van der Waals surface area contributed by atoms with Gasteiger partial charge in [0.15, 0.2) is 6.10 Å². The number of urea groups is 1. The Labute approximate surface area is 111 Å². The van der Waals surface area contributed by atoms with Crippen molar-refractivity contribution in [3.63, 3.8) is 0 Å². The molecule has 6 nitrogen and oxygen atoms in total. The van der Waals surface area contributed by atoms with Crippen LogP contribution in [0, 0.1) is 0 Å². The van der Waals surface area contributed by atoms with Crippen molar-refractivity contribution in [1.82, 2.24) is 10.6 Å². The second kappa shape index (κ2) is 7.48. The smallest absolute Gasteiger partial charge is 0.334 e. The zero-order valence-corrected chi connectivity index (χ0v) is 11.2. The first-order chi connectivity index (χ1) is 8.54. The summed E-state index contributed by atoms with van der Waals surface area (Å²) in [6.45, 7) is -0.280. The Bertz CT molecular complexity index is 301. The van der Waals surface area contributed by atoms with E-state index in [2.05, 4.69) is 10.6 Å². The van der Waals surface area contributed by atoms with Gasteiger partial charge in [-0.2, -0.15) is 11.8 Å². The minimum atomic E-state index is -1.56. The molecular formula is C11H20N2O4S. The molecule has 0 spiro atoms. The summed E-state index contributed by atoms with van der Waals surface area (Å²) in [7, 11) is 0. The second-order valence-electron chi connectivity index (χ2n) is 4.37. The van der Waals surface area contributed by atoms with Crippen molar-refractivity contribution in [3.8, 4) is 0 Å². The van der Waals surface area contributed by atoms with Crippen LogP contribution in [0.1, 0.15) is 25.7 Å². The number of aliphatic hydroxyl groups is 1. The summed E-state index contributed by atoms with van der Waals surface area (Å²) in [6.07, 6.45) is 4.78. The molecule has 0 heterocycles. The van der Waals surface area contributed by atoms with Gasteiger partial charge in [0.2, 0.25) is 0 Å². The highest BCUT2D eigenvalue weighted by Gasteiger charge is 2.25. The van der Waals surface area contributed by atoms with E-state index >= 15 is 0 Å². The summed E-state index contributed by atoms with van der Waals surface area (Å²) >= 11 is 1.74. The molecular weight excluding hydrogens is 256 g/mol. The zero-order valence-electron chi connectivity index (χ0n) is 10.4. The van der Waals surface area contributed by atoms with E-state index in [1.54, 1.807) is 11.8 Å². The average molecular weight is 276 g/mol. The lowest BCUT2D eigenvalue weighted by atomic mass is 9.95. The second-order valence-corrected chi connectivity index (χ2v) is 5.45. The molecule has 0 bridgehead atoms. The Hall–Kier alpha value is -0.950. The van der Waals surface area contributed by atoms with Crippen molar-refractivity contribution in [2.24, 2.45) is 0 Å². The van der Waals surface area contributed by atoms with Crippen molar-refractivity contribution >= 4 is 23.8 Å². The normalized spacial score (nSPS) is 25.2. The molecule has 0 saturated heterocycles. The highest BCUT2D eigenvalue weighted by atomic mass is 32.2. The molecule has 0 aliphatic heterocycles. The van der Waals surface area contributed by atoms with Gasteiger partial charge in [-0.1, -0.05) is 12.8 Å². The summed E-state index contributed by atoms with van der Waals surface area (Å²) < 4.78 is 0. The van der Waals surface area contributed by atoms with E-state index in [4.69, 9.17) is 10.2 Å². The first-order valence-electron chi connectivity index (χ1n) is 6.02. The first kappa shape index (κ1) is 15.1. The summed E-state index contributed by atoms with van der Waals surface area (Å²) in [4.78, 5) is 21.9. The van der Waals surface area contributed by atoms with Gasteiger partial charge < -0.3 is 20.8 Å². The number of carbonyl (C=O) groups is 2. The lowest BCUT2D eigenvalue weighted by Crippen LogP contribution is -2.49. The van der Waals surface area contributed by atoms with Crippen molar-refractivity contribution in [2.45, 2.75) is 43.1 Å². The Morgan fingerprint density at radius 3 is 2.67 bits per heavy atom. The van der Waals surface area contributed by atoms with E-state index in [1.807, 2.05) is 6.26 Å². The maximum Gasteiger partial charge on any atom is 0.334 e. The third-order valence-corrected chi connectivity index (χ3v) is 4.23. The molecule has 4 N–H and O–H groups in total. The van der Waals surface area contributed by atoms with E-state index in [9.17, 15) is 9.59 Å². The number of hydrogen-bond acceptors (Lipinski definition) is 4. The molecule has 1 aliphatic rings. The number of thioether (sulfide) groups is 1. The van der Waals surface area contributed by atoms with Crippen molar-refractivity contribution < 1.29 is 19.8 Å². The molecule has 18 heavy (non-hydrogen) atoms. The maximum absolute atomic E-state index is 11.6. The molecule has 0 aromatic carbocycles. The minimum Gasteiger partial charge on any atom is -0.479 e. The molecule has 1 aliphatic carbocycles. The number of rotatable bonds is 5.